The van der Waals surface area contributed by atoms with Crippen LogP contribution in [-0.2, 0) is 0 Å². The lowest BCUT2D eigenvalue weighted by molar-refractivity contribution is 0.0991. The van der Waals surface area contributed by atoms with Crippen molar-refractivity contribution in [3.8, 4) is 0 Å². The highest BCUT2D eigenvalue weighted by atomic mass is 32.1. The summed E-state index contributed by atoms with van der Waals surface area (Å²) in [5, 5.41) is 7.62. The summed E-state index contributed by atoms with van der Waals surface area (Å²) in [6.45, 7) is 0. The van der Waals surface area contributed by atoms with Crippen LogP contribution in [0.3, 0.4) is 0 Å². The van der Waals surface area contributed by atoms with Gasteiger partial charge in [0.1, 0.15) is 11.6 Å². The summed E-state index contributed by atoms with van der Waals surface area (Å²) >= 11 is 2.51. The lowest BCUT2D eigenvalue weighted by Crippen LogP contribution is -2.24. The molecule has 0 spiro atoms. The van der Waals surface area contributed by atoms with Crippen LogP contribution in [0.2, 0.25) is 0 Å². The number of anilines is 1. The normalized spacial score (nSPS) is 11.4. The van der Waals surface area contributed by atoms with E-state index in [9.17, 15) is 9.18 Å². The number of nitrogens with zero attached hydrogens (tertiary/aromatic N) is 3. The zero-order valence-electron chi connectivity index (χ0n) is 12.6. The van der Waals surface area contributed by atoms with Crippen LogP contribution in [0.4, 0.5) is 9.52 Å². The number of halogens is 1. The minimum absolute atomic E-state index is 0.308. The molecule has 0 bridgehead atoms. The van der Waals surface area contributed by atoms with E-state index in [1.807, 2.05) is 5.38 Å². The number of aromatic nitrogens is 1. The van der Waals surface area contributed by atoms with Gasteiger partial charge in [-0.15, -0.1) is 11.3 Å². The fourth-order valence-electron chi connectivity index (χ4n) is 2.15. The minimum atomic E-state index is -0.349. The zero-order chi connectivity index (χ0) is 17.2. The van der Waals surface area contributed by atoms with E-state index in [0.29, 0.717) is 26.0 Å². The zero-order valence-corrected chi connectivity index (χ0v) is 14.3. The van der Waals surface area contributed by atoms with Crippen molar-refractivity contribution in [1.29, 1.82) is 0 Å². The topological polar surface area (TPSA) is 58.7 Å². The van der Waals surface area contributed by atoms with Gasteiger partial charge in [0.15, 0.2) is 0 Å². The number of thiophene rings is 1. The van der Waals surface area contributed by atoms with Gasteiger partial charge in [0.2, 0.25) is 5.13 Å². The molecule has 4 aromatic rings. The average Bonchev–Trinajstić information content (AvgIpc) is 3.36. The van der Waals surface area contributed by atoms with Crippen molar-refractivity contribution in [3.63, 3.8) is 0 Å². The van der Waals surface area contributed by atoms with E-state index in [0.717, 1.165) is 0 Å². The second-order valence-corrected chi connectivity index (χ2v) is 6.92. The summed E-state index contributed by atoms with van der Waals surface area (Å²) in [6.07, 6.45) is 2.96. The maximum atomic E-state index is 13.4. The Bertz CT molecular complexity index is 1040. The fourth-order valence-corrected chi connectivity index (χ4v) is 3.74. The molecule has 0 N–H and O–H groups in total. The minimum Gasteiger partial charge on any atom is -0.463 e. The number of rotatable bonds is 4. The van der Waals surface area contributed by atoms with Crippen molar-refractivity contribution < 1.29 is 13.6 Å². The van der Waals surface area contributed by atoms with Gasteiger partial charge in [-0.1, -0.05) is 17.4 Å². The standard InChI is InChI=1S/C17H10FN3O2S2/c18-11-5-6-13-15(9-11)25-17(20-13)21(16(22)14-4-2-8-24-14)19-10-12-3-1-7-23-12/h1-10H/b19-10+. The van der Waals surface area contributed by atoms with E-state index in [-0.39, 0.29) is 11.7 Å². The molecule has 0 radical (unpaired) electrons. The Labute approximate surface area is 149 Å². The fraction of sp³-hybridized carbons (Fsp3) is 0. The number of hydrogen-bond acceptors (Lipinski definition) is 6. The summed E-state index contributed by atoms with van der Waals surface area (Å²) in [6, 6.07) is 11.3. The number of carbonyl (C=O) groups excluding carboxylic acids is 1. The number of thiazole rings is 1. The van der Waals surface area contributed by atoms with Crippen LogP contribution in [0, 0.1) is 5.82 Å². The number of fused-ring (bicyclic) bond motifs is 1. The van der Waals surface area contributed by atoms with Crippen molar-refractivity contribution in [3.05, 3.63) is 70.6 Å². The molecule has 8 heteroatoms. The largest absolute Gasteiger partial charge is 0.463 e. The lowest BCUT2D eigenvalue weighted by Gasteiger charge is -2.12. The van der Waals surface area contributed by atoms with Crippen molar-refractivity contribution in [2.75, 3.05) is 5.01 Å². The third-order valence-electron chi connectivity index (χ3n) is 3.29. The second kappa shape index (κ2) is 6.58. The molecule has 0 unspecified atom stereocenters. The first-order chi connectivity index (χ1) is 12.2. The molecule has 1 aromatic carbocycles. The monoisotopic (exact) mass is 371 g/mol. The van der Waals surface area contributed by atoms with E-state index < -0.39 is 0 Å². The maximum absolute atomic E-state index is 13.4. The van der Waals surface area contributed by atoms with Gasteiger partial charge in [-0.25, -0.2) is 9.37 Å². The molecule has 0 aliphatic carbocycles. The first-order valence-corrected chi connectivity index (χ1v) is 8.92. The summed E-state index contributed by atoms with van der Waals surface area (Å²) in [4.78, 5) is 17.7. The molecule has 0 saturated carbocycles. The summed E-state index contributed by atoms with van der Waals surface area (Å²) in [5.74, 6) is -0.147. The van der Waals surface area contributed by atoms with E-state index in [1.165, 1.54) is 52.3 Å². The van der Waals surface area contributed by atoms with Crippen molar-refractivity contribution in [2.24, 2.45) is 5.10 Å². The third-order valence-corrected chi connectivity index (χ3v) is 5.14. The Morgan fingerprint density at radius 3 is 2.96 bits per heavy atom. The summed E-state index contributed by atoms with van der Waals surface area (Å²) in [7, 11) is 0. The Kier molecular flexibility index (Phi) is 4.12. The molecule has 0 saturated heterocycles. The lowest BCUT2D eigenvalue weighted by atomic mass is 10.3. The first-order valence-electron chi connectivity index (χ1n) is 7.22. The predicted molar refractivity (Wildman–Crippen MR) is 97.0 cm³/mol. The quantitative estimate of drug-likeness (QED) is 0.383. The van der Waals surface area contributed by atoms with Gasteiger partial charge in [-0.05, 0) is 41.8 Å². The van der Waals surface area contributed by atoms with Gasteiger partial charge in [0.05, 0.1) is 27.6 Å². The van der Waals surface area contributed by atoms with Gasteiger partial charge in [0.25, 0.3) is 5.91 Å². The van der Waals surface area contributed by atoms with Gasteiger partial charge in [0, 0.05) is 0 Å². The molecule has 0 aliphatic heterocycles. The Morgan fingerprint density at radius 1 is 1.28 bits per heavy atom. The van der Waals surface area contributed by atoms with E-state index in [2.05, 4.69) is 10.1 Å². The first kappa shape index (κ1) is 15.7. The van der Waals surface area contributed by atoms with Crippen molar-refractivity contribution >= 4 is 50.1 Å². The van der Waals surface area contributed by atoms with E-state index >= 15 is 0 Å². The SMILES string of the molecule is O=C(c1cccs1)N(/N=C/c1ccco1)c1nc2ccc(F)cc2s1. The van der Waals surface area contributed by atoms with Crippen molar-refractivity contribution in [2.45, 2.75) is 0 Å². The number of carbonyl (C=O) groups is 1. The molecular formula is C17H10FN3O2S2. The molecule has 3 aromatic heterocycles. The number of benzene rings is 1. The van der Waals surface area contributed by atoms with Crippen LogP contribution < -0.4 is 5.01 Å². The number of hydrazone groups is 1. The number of amides is 1. The summed E-state index contributed by atoms with van der Waals surface area (Å²) < 4.78 is 19.3. The van der Waals surface area contributed by atoms with E-state index in [1.54, 1.807) is 30.3 Å². The van der Waals surface area contributed by atoms with Crippen LogP contribution in [0.5, 0.6) is 0 Å². The maximum Gasteiger partial charge on any atom is 0.290 e. The van der Waals surface area contributed by atoms with Crippen LogP contribution in [-0.4, -0.2) is 17.1 Å². The molecule has 124 valence electrons. The molecule has 5 nitrogen and oxygen atoms in total. The van der Waals surface area contributed by atoms with Gasteiger partial charge < -0.3 is 4.42 Å². The predicted octanol–water partition coefficient (Wildman–Crippen LogP) is 4.77. The van der Waals surface area contributed by atoms with Crippen LogP contribution >= 0.6 is 22.7 Å². The van der Waals surface area contributed by atoms with Crippen LogP contribution in [0.25, 0.3) is 10.2 Å². The second-order valence-electron chi connectivity index (χ2n) is 4.96. The van der Waals surface area contributed by atoms with Crippen LogP contribution in [0.15, 0.2) is 63.6 Å². The van der Waals surface area contributed by atoms with E-state index in [4.69, 9.17) is 4.42 Å². The summed E-state index contributed by atoms with van der Waals surface area (Å²) in [5.41, 5.74) is 0.610. The number of hydrogen-bond donors (Lipinski definition) is 0. The van der Waals surface area contributed by atoms with Gasteiger partial charge >= 0.3 is 0 Å². The molecule has 0 atom stereocenters. The number of furan rings is 1. The Balaban J connectivity index is 1.76. The molecular weight excluding hydrogens is 361 g/mol. The molecule has 0 aliphatic rings. The highest BCUT2D eigenvalue weighted by Crippen LogP contribution is 2.31. The molecule has 0 fully saturated rings. The highest BCUT2D eigenvalue weighted by molar-refractivity contribution is 7.22. The third kappa shape index (κ3) is 3.21. The Hall–Kier alpha value is -2.84. The molecule has 1 amide bonds. The smallest absolute Gasteiger partial charge is 0.290 e. The van der Waals surface area contributed by atoms with Gasteiger partial charge in [-0.2, -0.15) is 10.1 Å². The molecule has 3 heterocycles. The van der Waals surface area contributed by atoms with Crippen LogP contribution in [0.1, 0.15) is 15.4 Å². The molecule has 25 heavy (non-hydrogen) atoms. The van der Waals surface area contributed by atoms with Crippen molar-refractivity contribution in [1.82, 2.24) is 4.98 Å². The molecule has 4 rings (SSSR count). The Morgan fingerprint density at radius 2 is 2.20 bits per heavy atom. The highest BCUT2D eigenvalue weighted by Gasteiger charge is 2.22. The van der Waals surface area contributed by atoms with Gasteiger partial charge in [-0.3, -0.25) is 4.79 Å². The average molecular weight is 371 g/mol.